The highest BCUT2D eigenvalue weighted by atomic mass is 16.3. The first-order chi connectivity index (χ1) is 7.01. The minimum Gasteiger partial charge on any atom is -0.395 e. The second-order valence-corrected chi connectivity index (χ2v) is 4.68. The highest BCUT2D eigenvalue weighted by molar-refractivity contribution is 5.86. The number of carbonyl (C=O) groups excluding carboxylic acids is 1. The molecule has 0 bridgehead atoms. The van der Waals surface area contributed by atoms with Crippen molar-refractivity contribution in [3.05, 3.63) is 0 Å². The van der Waals surface area contributed by atoms with Crippen molar-refractivity contribution in [1.29, 1.82) is 0 Å². The lowest BCUT2D eigenvalue weighted by Crippen LogP contribution is -2.55. The molecule has 0 saturated carbocycles. The van der Waals surface area contributed by atoms with Crippen LogP contribution in [0.2, 0.25) is 0 Å². The van der Waals surface area contributed by atoms with Gasteiger partial charge in [-0.3, -0.25) is 4.79 Å². The second-order valence-electron chi connectivity index (χ2n) is 4.68. The molecule has 1 saturated heterocycles. The number of nitrogens with zero attached hydrogens (tertiary/aromatic N) is 1. The Bertz CT molecular complexity index is 223. The van der Waals surface area contributed by atoms with E-state index < -0.39 is 5.54 Å². The predicted molar refractivity (Wildman–Crippen MR) is 59.6 cm³/mol. The summed E-state index contributed by atoms with van der Waals surface area (Å²) in [6.07, 6.45) is 1.94. The number of rotatable bonds is 4. The molecule has 1 heterocycles. The predicted octanol–water partition coefficient (Wildman–Crippen LogP) is 0.358. The molecule has 88 valence electrons. The number of aliphatic hydroxyl groups excluding tert-OH is 1. The number of aliphatic hydroxyl groups is 1. The second kappa shape index (κ2) is 4.94. The maximum atomic E-state index is 12.3. The van der Waals surface area contributed by atoms with E-state index in [1.165, 1.54) is 0 Å². The Balaban J connectivity index is 2.70. The maximum Gasteiger partial charge on any atom is 0.242 e. The van der Waals surface area contributed by atoms with Crippen LogP contribution in [0.1, 0.15) is 33.6 Å². The summed E-state index contributed by atoms with van der Waals surface area (Å²) in [5.41, 5.74) is -0.417. The molecule has 2 N–H and O–H groups in total. The van der Waals surface area contributed by atoms with Gasteiger partial charge in [0.05, 0.1) is 12.1 Å². The summed E-state index contributed by atoms with van der Waals surface area (Å²) in [6.45, 7) is 7.27. The van der Waals surface area contributed by atoms with Crippen LogP contribution in [0.5, 0.6) is 0 Å². The van der Waals surface area contributed by atoms with E-state index in [-0.39, 0.29) is 18.6 Å². The molecule has 1 amide bonds. The van der Waals surface area contributed by atoms with Crippen LogP contribution in [-0.2, 0) is 4.79 Å². The smallest absolute Gasteiger partial charge is 0.242 e. The van der Waals surface area contributed by atoms with Crippen molar-refractivity contribution in [3.8, 4) is 0 Å². The van der Waals surface area contributed by atoms with E-state index >= 15 is 0 Å². The zero-order chi connectivity index (χ0) is 11.5. The zero-order valence-electron chi connectivity index (χ0n) is 9.92. The van der Waals surface area contributed by atoms with Crippen molar-refractivity contribution >= 4 is 5.91 Å². The molecule has 4 nitrogen and oxygen atoms in total. The Labute approximate surface area is 91.6 Å². The minimum absolute atomic E-state index is 0.0278. The van der Waals surface area contributed by atoms with Gasteiger partial charge in [0.15, 0.2) is 0 Å². The van der Waals surface area contributed by atoms with E-state index in [1.54, 1.807) is 4.90 Å². The summed E-state index contributed by atoms with van der Waals surface area (Å²) in [4.78, 5) is 14.0. The van der Waals surface area contributed by atoms with Gasteiger partial charge in [0.1, 0.15) is 0 Å². The van der Waals surface area contributed by atoms with Crippen molar-refractivity contribution in [2.45, 2.75) is 45.2 Å². The van der Waals surface area contributed by atoms with Gasteiger partial charge in [0, 0.05) is 12.6 Å². The molecule has 1 aliphatic rings. The quantitative estimate of drug-likeness (QED) is 0.710. The van der Waals surface area contributed by atoms with E-state index in [0.29, 0.717) is 6.54 Å². The van der Waals surface area contributed by atoms with Gasteiger partial charge in [-0.1, -0.05) is 0 Å². The van der Waals surface area contributed by atoms with Gasteiger partial charge in [-0.05, 0) is 40.2 Å². The topological polar surface area (TPSA) is 52.6 Å². The number of amides is 1. The third kappa shape index (κ3) is 2.69. The number of nitrogens with one attached hydrogen (secondary N) is 1. The normalized spacial score (nSPS) is 25.9. The summed E-state index contributed by atoms with van der Waals surface area (Å²) < 4.78 is 0. The van der Waals surface area contributed by atoms with Crippen molar-refractivity contribution in [3.63, 3.8) is 0 Å². The van der Waals surface area contributed by atoms with Crippen LogP contribution in [0.25, 0.3) is 0 Å². The minimum atomic E-state index is -0.417. The fraction of sp³-hybridized carbons (Fsp3) is 0.909. The van der Waals surface area contributed by atoms with Crippen LogP contribution in [0, 0.1) is 0 Å². The van der Waals surface area contributed by atoms with Gasteiger partial charge >= 0.3 is 0 Å². The SMILES string of the molecule is CC(C)N(CCO)C(=O)C1(C)CCCN1. The van der Waals surface area contributed by atoms with Crippen molar-refractivity contribution < 1.29 is 9.90 Å². The monoisotopic (exact) mass is 214 g/mol. The van der Waals surface area contributed by atoms with Crippen LogP contribution < -0.4 is 5.32 Å². The summed E-state index contributed by atoms with van der Waals surface area (Å²) >= 11 is 0. The van der Waals surface area contributed by atoms with E-state index in [1.807, 2.05) is 20.8 Å². The Hall–Kier alpha value is -0.610. The van der Waals surface area contributed by atoms with Crippen LogP contribution in [0.3, 0.4) is 0 Å². The van der Waals surface area contributed by atoms with Crippen LogP contribution >= 0.6 is 0 Å². The third-order valence-corrected chi connectivity index (χ3v) is 3.07. The van der Waals surface area contributed by atoms with Crippen molar-refractivity contribution in [2.75, 3.05) is 19.7 Å². The fourth-order valence-electron chi connectivity index (χ4n) is 2.10. The van der Waals surface area contributed by atoms with Gasteiger partial charge in [0.2, 0.25) is 5.91 Å². The van der Waals surface area contributed by atoms with Gasteiger partial charge in [-0.15, -0.1) is 0 Å². The number of hydrogen-bond donors (Lipinski definition) is 2. The lowest BCUT2D eigenvalue weighted by atomic mass is 9.97. The highest BCUT2D eigenvalue weighted by Gasteiger charge is 2.39. The summed E-state index contributed by atoms with van der Waals surface area (Å²) in [7, 11) is 0. The molecule has 1 fully saturated rings. The first-order valence-electron chi connectivity index (χ1n) is 5.68. The molecule has 0 aliphatic carbocycles. The van der Waals surface area contributed by atoms with Gasteiger partial charge in [-0.25, -0.2) is 0 Å². The molecule has 0 aromatic carbocycles. The zero-order valence-corrected chi connectivity index (χ0v) is 9.92. The largest absolute Gasteiger partial charge is 0.395 e. The number of carbonyl (C=O) groups is 1. The van der Waals surface area contributed by atoms with Gasteiger partial charge in [0.25, 0.3) is 0 Å². The molecule has 15 heavy (non-hydrogen) atoms. The Morgan fingerprint density at radius 1 is 1.60 bits per heavy atom. The molecule has 1 atom stereocenters. The lowest BCUT2D eigenvalue weighted by molar-refractivity contribution is -0.139. The Morgan fingerprint density at radius 3 is 2.67 bits per heavy atom. The van der Waals surface area contributed by atoms with Crippen LogP contribution in [0.15, 0.2) is 0 Å². The van der Waals surface area contributed by atoms with Crippen LogP contribution in [0.4, 0.5) is 0 Å². The van der Waals surface area contributed by atoms with Crippen molar-refractivity contribution in [1.82, 2.24) is 10.2 Å². The standard InChI is InChI=1S/C11H22N2O2/c1-9(2)13(7-8-14)10(15)11(3)5-4-6-12-11/h9,12,14H,4-8H2,1-3H3. The molecule has 0 spiro atoms. The molecule has 0 radical (unpaired) electrons. The summed E-state index contributed by atoms with van der Waals surface area (Å²) in [6, 6.07) is 0.142. The van der Waals surface area contributed by atoms with E-state index in [0.717, 1.165) is 19.4 Å². The molecule has 1 rings (SSSR count). The Morgan fingerprint density at radius 2 is 2.27 bits per heavy atom. The molecule has 1 aliphatic heterocycles. The van der Waals surface area contributed by atoms with E-state index in [4.69, 9.17) is 5.11 Å². The van der Waals surface area contributed by atoms with Gasteiger partial charge in [-0.2, -0.15) is 0 Å². The average Bonchev–Trinajstić information content (AvgIpc) is 2.61. The van der Waals surface area contributed by atoms with Crippen molar-refractivity contribution in [2.24, 2.45) is 0 Å². The average molecular weight is 214 g/mol. The summed E-state index contributed by atoms with van der Waals surface area (Å²) in [5.74, 6) is 0.115. The number of hydrogen-bond acceptors (Lipinski definition) is 3. The summed E-state index contributed by atoms with van der Waals surface area (Å²) in [5, 5.41) is 12.2. The first kappa shape index (κ1) is 12.5. The molecule has 4 heteroatoms. The Kier molecular flexibility index (Phi) is 4.11. The molecule has 1 unspecified atom stereocenters. The fourth-order valence-corrected chi connectivity index (χ4v) is 2.10. The van der Waals surface area contributed by atoms with Gasteiger partial charge < -0.3 is 15.3 Å². The first-order valence-corrected chi connectivity index (χ1v) is 5.68. The third-order valence-electron chi connectivity index (χ3n) is 3.07. The molecular weight excluding hydrogens is 192 g/mol. The molecule has 0 aromatic rings. The maximum absolute atomic E-state index is 12.3. The highest BCUT2D eigenvalue weighted by Crippen LogP contribution is 2.22. The molecule has 0 aromatic heterocycles. The van der Waals surface area contributed by atoms with E-state index in [2.05, 4.69) is 5.32 Å². The van der Waals surface area contributed by atoms with E-state index in [9.17, 15) is 4.79 Å². The van der Waals surface area contributed by atoms with Crippen LogP contribution in [-0.4, -0.2) is 47.2 Å². The molecular formula is C11H22N2O2. The lowest BCUT2D eigenvalue weighted by Gasteiger charge is -2.34.